The molecule has 2 N–H and O–H groups in total. The number of carbonyl (C=O) groups excluding carboxylic acids is 1. The van der Waals surface area contributed by atoms with Gasteiger partial charge in [0.05, 0.1) is 6.61 Å². The number of anilines is 1. The van der Waals surface area contributed by atoms with Crippen LogP contribution in [0.25, 0.3) is 0 Å². The number of nitrogens with two attached hydrogens (primary N) is 1. The van der Waals surface area contributed by atoms with E-state index in [1.54, 1.807) is 19.1 Å². The lowest BCUT2D eigenvalue weighted by Gasteiger charge is -2.20. The molecule has 1 rings (SSSR count). The van der Waals surface area contributed by atoms with E-state index in [4.69, 9.17) is 15.2 Å². The van der Waals surface area contributed by atoms with Crippen molar-refractivity contribution < 1.29 is 18.9 Å². The number of amides is 1. The van der Waals surface area contributed by atoms with Crippen molar-refractivity contribution in [2.75, 3.05) is 46.3 Å². The standard InChI is InChI=1S/C10H18N4O4/c1-16-6-3-4-14(5-7-17-2)10(15)8-9(11)13-18-12-8/h3-7H2,1-2H3,(H2,11,13). The number of nitrogens with zero attached hydrogens (tertiary/aromatic N) is 3. The Morgan fingerprint density at radius 1 is 1.28 bits per heavy atom. The number of hydrogen-bond acceptors (Lipinski definition) is 7. The van der Waals surface area contributed by atoms with Crippen LogP contribution in [0.4, 0.5) is 5.82 Å². The van der Waals surface area contributed by atoms with Crippen molar-refractivity contribution in [1.82, 2.24) is 15.2 Å². The van der Waals surface area contributed by atoms with Crippen LogP contribution < -0.4 is 5.73 Å². The summed E-state index contributed by atoms with van der Waals surface area (Å²) in [5.41, 5.74) is 5.52. The summed E-state index contributed by atoms with van der Waals surface area (Å²) >= 11 is 0. The van der Waals surface area contributed by atoms with Crippen LogP contribution in [0, 0.1) is 0 Å². The fraction of sp³-hybridized carbons (Fsp3) is 0.700. The van der Waals surface area contributed by atoms with Crippen molar-refractivity contribution in [3.8, 4) is 0 Å². The summed E-state index contributed by atoms with van der Waals surface area (Å²) in [7, 11) is 3.19. The molecule has 0 unspecified atom stereocenters. The first-order chi connectivity index (χ1) is 8.70. The Bertz CT molecular complexity index is 369. The maximum atomic E-state index is 12.1. The average molecular weight is 258 g/mol. The van der Waals surface area contributed by atoms with Gasteiger partial charge in [-0.25, -0.2) is 4.63 Å². The number of rotatable bonds is 8. The molecule has 8 heteroatoms. The maximum Gasteiger partial charge on any atom is 0.280 e. The molecule has 0 aromatic carbocycles. The van der Waals surface area contributed by atoms with E-state index in [-0.39, 0.29) is 17.4 Å². The Hall–Kier alpha value is -1.67. The van der Waals surface area contributed by atoms with Crippen molar-refractivity contribution in [2.24, 2.45) is 0 Å². The highest BCUT2D eigenvalue weighted by molar-refractivity contribution is 5.96. The normalized spacial score (nSPS) is 10.6. The lowest BCUT2D eigenvalue weighted by Crippen LogP contribution is -2.35. The van der Waals surface area contributed by atoms with Gasteiger partial charge < -0.3 is 20.1 Å². The fourth-order valence-corrected chi connectivity index (χ4v) is 1.41. The second-order valence-electron chi connectivity index (χ2n) is 3.63. The minimum atomic E-state index is -0.318. The molecule has 0 aliphatic rings. The molecule has 1 heterocycles. The van der Waals surface area contributed by atoms with Gasteiger partial charge in [-0.15, -0.1) is 0 Å². The predicted octanol–water partition coefficient (Wildman–Crippen LogP) is -0.223. The number of methoxy groups -OCH3 is 2. The Labute approximate surface area is 105 Å². The van der Waals surface area contributed by atoms with E-state index in [9.17, 15) is 4.79 Å². The van der Waals surface area contributed by atoms with E-state index >= 15 is 0 Å². The van der Waals surface area contributed by atoms with Gasteiger partial charge in [0.25, 0.3) is 5.91 Å². The summed E-state index contributed by atoms with van der Waals surface area (Å²) < 4.78 is 14.3. The third kappa shape index (κ3) is 3.97. The Kier molecular flexibility index (Phi) is 6.09. The van der Waals surface area contributed by atoms with Gasteiger partial charge in [-0.2, -0.15) is 0 Å². The van der Waals surface area contributed by atoms with E-state index in [0.717, 1.165) is 6.42 Å². The molecule has 0 saturated heterocycles. The van der Waals surface area contributed by atoms with E-state index in [0.29, 0.717) is 26.3 Å². The zero-order valence-electron chi connectivity index (χ0n) is 10.6. The molecule has 1 aromatic rings. The van der Waals surface area contributed by atoms with Crippen molar-refractivity contribution >= 4 is 11.7 Å². The lowest BCUT2D eigenvalue weighted by atomic mass is 10.3. The summed E-state index contributed by atoms with van der Waals surface area (Å²) in [5, 5.41) is 6.88. The highest BCUT2D eigenvalue weighted by atomic mass is 16.6. The van der Waals surface area contributed by atoms with Crippen molar-refractivity contribution in [1.29, 1.82) is 0 Å². The molecule has 0 atom stereocenters. The van der Waals surface area contributed by atoms with E-state index in [1.165, 1.54) is 0 Å². The van der Waals surface area contributed by atoms with Crippen LogP contribution in [0.3, 0.4) is 0 Å². The molecule has 0 saturated carbocycles. The molecule has 0 aliphatic carbocycles. The zero-order valence-corrected chi connectivity index (χ0v) is 10.6. The number of aromatic nitrogens is 2. The number of hydrogen-bond donors (Lipinski definition) is 1. The second kappa shape index (κ2) is 7.62. The van der Waals surface area contributed by atoms with E-state index in [2.05, 4.69) is 14.9 Å². The first-order valence-electron chi connectivity index (χ1n) is 5.56. The van der Waals surface area contributed by atoms with Crippen LogP contribution in [0.1, 0.15) is 16.9 Å². The van der Waals surface area contributed by atoms with Gasteiger partial charge >= 0.3 is 0 Å². The first kappa shape index (κ1) is 14.4. The Morgan fingerprint density at radius 2 is 2.00 bits per heavy atom. The molecule has 8 nitrogen and oxygen atoms in total. The smallest absolute Gasteiger partial charge is 0.280 e. The average Bonchev–Trinajstić information content (AvgIpc) is 2.79. The van der Waals surface area contributed by atoms with Gasteiger partial charge in [0, 0.05) is 33.9 Å². The van der Waals surface area contributed by atoms with Gasteiger partial charge in [-0.3, -0.25) is 4.79 Å². The highest BCUT2D eigenvalue weighted by Gasteiger charge is 2.22. The monoisotopic (exact) mass is 258 g/mol. The summed E-state index contributed by atoms with van der Waals surface area (Å²) in [6.07, 6.45) is 0.719. The highest BCUT2D eigenvalue weighted by Crippen LogP contribution is 2.09. The summed E-state index contributed by atoms with van der Waals surface area (Å²) in [5.74, 6) is -0.323. The number of carbonyl (C=O) groups is 1. The van der Waals surface area contributed by atoms with Crippen LogP contribution in [-0.4, -0.2) is 61.6 Å². The first-order valence-corrected chi connectivity index (χ1v) is 5.56. The van der Waals surface area contributed by atoms with Crippen LogP contribution in [-0.2, 0) is 9.47 Å². The van der Waals surface area contributed by atoms with Crippen molar-refractivity contribution in [3.63, 3.8) is 0 Å². The minimum Gasteiger partial charge on any atom is -0.385 e. The fourth-order valence-electron chi connectivity index (χ4n) is 1.41. The topological polar surface area (TPSA) is 104 Å². The molecular formula is C10H18N4O4. The Morgan fingerprint density at radius 3 is 2.56 bits per heavy atom. The molecule has 0 bridgehead atoms. The summed E-state index contributed by atoms with van der Waals surface area (Å²) in [6, 6.07) is 0. The summed E-state index contributed by atoms with van der Waals surface area (Å²) in [4.78, 5) is 13.7. The van der Waals surface area contributed by atoms with Gasteiger partial charge in [0.15, 0.2) is 0 Å². The van der Waals surface area contributed by atoms with E-state index in [1.807, 2.05) is 0 Å². The van der Waals surface area contributed by atoms with E-state index < -0.39 is 0 Å². The lowest BCUT2D eigenvalue weighted by molar-refractivity contribution is 0.0664. The minimum absolute atomic E-state index is 0.00541. The molecule has 1 aromatic heterocycles. The second-order valence-corrected chi connectivity index (χ2v) is 3.63. The molecule has 0 fully saturated rings. The molecule has 0 aliphatic heterocycles. The van der Waals surface area contributed by atoms with Crippen molar-refractivity contribution in [3.05, 3.63) is 5.69 Å². The number of nitrogen functional groups attached to an aromatic ring is 1. The van der Waals surface area contributed by atoms with Crippen molar-refractivity contribution in [2.45, 2.75) is 6.42 Å². The van der Waals surface area contributed by atoms with Crippen LogP contribution in [0.5, 0.6) is 0 Å². The Balaban J connectivity index is 2.63. The van der Waals surface area contributed by atoms with Gasteiger partial charge in [0.2, 0.25) is 11.5 Å². The third-order valence-electron chi connectivity index (χ3n) is 2.35. The quantitative estimate of drug-likeness (QED) is 0.642. The van der Waals surface area contributed by atoms with Crippen LogP contribution in [0.15, 0.2) is 4.63 Å². The van der Waals surface area contributed by atoms with Gasteiger partial charge in [0.1, 0.15) is 0 Å². The molecule has 18 heavy (non-hydrogen) atoms. The van der Waals surface area contributed by atoms with Crippen LogP contribution in [0.2, 0.25) is 0 Å². The largest absolute Gasteiger partial charge is 0.385 e. The molecule has 1 amide bonds. The van der Waals surface area contributed by atoms with Crippen LogP contribution >= 0.6 is 0 Å². The third-order valence-corrected chi connectivity index (χ3v) is 2.35. The molecule has 0 radical (unpaired) electrons. The summed E-state index contributed by atoms with van der Waals surface area (Å²) in [6.45, 7) is 1.99. The molecule has 0 spiro atoms. The SMILES string of the molecule is COCCCN(CCOC)C(=O)c1nonc1N. The molecule has 102 valence electrons. The van der Waals surface area contributed by atoms with Gasteiger partial charge in [-0.05, 0) is 16.7 Å². The molecular weight excluding hydrogens is 240 g/mol. The number of ether oxygens (including phenoxy) is 2. The maximum absolute atomic E-state index is 12.1. The zero-order chi connectivity index (χ0) is 13.4. The van der Waals surface area contributed by atoms with Gasteiger partial charge in [-0.1, -0.05) is 0 Å². The predicted molar refractivity (Wildman–Crippen MR) is 63.0 cm³/mol.